The van der Waals surface area contributed by atoms with Crippen LogP contribution in [0.15, 0.2) is 42.5 Å². The van der Waals surface area contributed by atoms with Crippen molar-refractivity contribution in [2.24, 2.45) is 0 Å². The Hall–Kier alpha value is -2.39. The molecule has 1 heterocycles. The highest BCUT2D eigenvalue weighted by atomic mass is 16.5. The van der Waals surface area contributed by atoms with Crippen LogP contribution in [0.4, 0.5) is 0 Å². The first-order chi connectivity index (χ1) is 12.7. The molecule has 2 aromatic rings. The van der Waals surface area contributed by atoms with Crippen molar-refractivity contribution in [3.05, 3.63) is 59.2 Å². The maximum Gasteiger partial charge on any atom is 0.145 e. The van der Waals surface area contributed by atoms with Gasteiger partial charge in [0, 0.05) is 26.1 Å². The number of rotatable bonds is 6. The van der Waals surface area contributed by atoms with E-state index >= 15 is 0 Å². The zero-order valence-corrected chi connectivity index (χ0v) is 15.0. The first-order valence-corrected chi connectivity index (χ1v) is 8.90. The molecule has 0 aliphatic carbocycles. The van der Waals surface area contributed by atoms with Crippen molar-refractivity contribution in [1.82, 2.24) is 4.90 Å². The number of aryl methyl sites for hydroxylation is 1. The van der Waals surface area contributed by atoms with Gasteiger partial charge in [-0.1, -0.05) is 24.3 Å². The average molecular weight is 352 g/mol. The number of nitrogens with zero attached hydrogens (tertiary/aromatic N) is 2. The molecule has 1 unspecified atom stereocenters. The van der Waals surface area contributed by atoms with Crippen LogP contribution in [0.3, 0.4) is 0 Å². The molecule has 1 atom stereocenters. The molecule has 2 aromatic carbocycles. The normalized spacial score (nSPS) is 16.0. The number of hydrogen-bond donors (Lipinski definition) is 1. The largest absolute Gasteiger partial charge is 0.456 e. The lowest BCUT2D eigenvalue weighted by Crippen LogP contribution is -2.41. The fourth-order valence-corrected chi connectivity index (χ4v) is 3.09. The van der Waals surface area contributed by atoms with Crippen LogP contribution >= 0.6 is 0 Å². The summed E-state index contributed by atoms with van der Waals surface area (Å²) in [7, 11) is 0. The van der Waals surface area contributed by atoms with Crippen LogP contribution in [0, 0.1) is 18.3 Å². The topological polar surface area (TPSA) is 65.7 Å². The molecule has 136 valence electrons. The quantitative estimate of drug-likeness (QED) is 0.866. The van der Waals surface area contributed by atoms with Gasteiger partial charge < -0.3 is 14.6 Å². The third kappa shape index (κ3) is 4.83. The summed E-state index contributed by atoms with van der Waals surface area (Å²) in [5.41, 5.74) is 2.50. The molecule has 0 aromatic heterocycles. The molecular formula is C21H24N2O3. The first kappa shape index (κ1) is 18.4. The molecule has 0 saturated carbocycles. The van der Waals surface area contributed by atoms with Crippen molar-refractivity contribution in [1.29, 1.82) is 5.26 Å². The Morgan fingerprint density at radius 1 is 1.19 bits per heavy atom. The molecule has 26 heavy (non-hydrogen) atoms. The summed E-state index contributed by atoms with van der Waals surface area (Å²) >= 11 is 0. The molecule has 5 nitrogen and oxygen atoms in total. The van der Waals surface area contributed by atoms with Crippen LogP contribution in [0.25, 0.3) is 0 Å². The second-order valence-electron chi connectivity index (χ2n) is 6.59. The molecule has 0 radical (unpaired) electrons. The number of β-amino-alcohol motifs (C(OH)–C–C–N with tert-alkyl or cyclic N) is 1. The molecule has 1 saturated heterocycles. The number of morpholine rings is 1. The molecule has 5 heteroatoms. The summed E-state index contributed by atoms with van der Waals surface area (Å²) in [6.07, 6.45) is 0.0196. The molecule has 3 rings (SSSR count). The van der Waals surface area contributed by atoms with Crippen LogP contribution in [-0.4, -0.2) is 49.0 Å². The lowest BCUT2D eigenvalue weighted by atomic mass is 10.0. The molecule has 0 amide bonds. The summed E-state index contributed by atoms with van der Waals surface area (Å²) in [6.45, 7) is 5.75. The highest BCUT2D eigenvalue weighted by Gasteiger charge is 2.17. The third-order valence-electron chi connectivity index (χ3n) is 4.48. The lowest BCUT2D eigenvalue weighted by Gasteiger charge is -2.28. The minimum atomic E-state index is -0.482. The van der Waals surface area contributed by atoms with Gasteiger partial charge >= 0.3 is 0 Å². The van der Waals surface area contributed by atoms with E-state index in [1.807, 2.05) is 37.3 Å². The van der Waals surface area contributed by atoms with E-state index < -0.39 is 6.10 Å². The molecule has 1 aliphatic heterocycles. The van der Waals surface area contributed by atoms with Crippen LogP contribution < -0.4 is 4.74 Å². The van der Waals surface area contributed by atoms with Gasteiger partial charge in [0.25, 0.3) is 0 Å². The Bertz CT molecular complexity index is 779. The highest BCUT2D eigenvalue weighted by molar-refractivity contribution is 5.47. The lowest BCUT2D eigenvalue weighted by molar-refractivity contribution is 0.0148. The maximum absolute atomic E-state index is 10.5. The van der Waals surface area contributed by atoms with Gasteiger partial charge in [0.15, 0.2) is 0 Å². The predicted molar refractivity (Wildman–Crippen MR) is 99.4 cm³/mol. The van der Waals surface area contributed by atoms with Gasteiger partial charge in [-0.25, -0.2) is 0 Å². The Balaban J connectivity index is 1.74. The van der Waals surface area contributed by atoms with Crippen molar-refractivity contribution < 1.29 is 14.6 Å². The van der Waals surface area contributed by atoms with E-state index in [4.69, 9.17) is 9.47 Å². The van der Waals surface area contributed by atoms with Gasteiger partial charge in [-0.05, 0) is 36.2 Å². The third-order valence-corrected chi connectivity index (χ3v) is 4.48. The van der Waals surface area contributed by atoms with E-state index in [0.29, 0.717) is 30.0 Å². The van der Waals surface area contributed by atoms with Gasteiger partial charge in [-0.15, -0.1) is 0 Å². The Morgan fingerprint density at radius 3 is 2.73 bits per heavy atom. The Labute approximate surface area is 154 Å². The predicted octanol–water partition coefficient (Wildman–Crippen LogP) is 2.89. The van der Waals surface area contributed by atoms with Crippen LogP contribution in [-0.2, 0) is 11.2 Å². The van der Waals surface area contributed by atoms with Crippen molar-refractivity contribution in [3.63, 3.8) is 0 Å². The smallest absolute Gasteiger partial charge is 0.145 e. The van der Waals surface area contributed by atoms with Crippen LogP contribution in [0.5, 0.6) is 11.5 Å². The number of ether oxygens (including phenoxy) is 2. The fourth-order valence-electron chi connectivity index (χ4n) is 3.09. The van der Waals surface area contributed by atoms with Crippen molar-refractivity contribution in [2.45, 2.75) is 19.4 Å². The van der Waals surface area contributed by atoms with E-state index in [1.54, 1.807) is 12.1 Å². The number of benzene rings is 2. The fraction of sp³-hybridized carbons (Fsp3) is 0.381. The summed E-state index contributed by atoms with van der Waals surface area (Å²) in [4.78, 5) is 2.22. The number of para-hydroxylation sites is 1. The summed E-state index contributed by atoms with van der Waals surface area (Å²) in [6, 6.07) is 15.3. The van der Waals surface area contributed by atoms with Gasteiger partial charge in [0.05, 0.1) is 24.9 Å². The summed E-state index contributed by atoms with van der Waals surface area (Å²) in [5, 5.41) is 19.8. The molecule has 0 spiro atoms. The van der Waals surface area contributed by atoms with Crippen molar-refractivity contribution in [2.75, 3.05) is 32.8 Å². The number of aliphatic hydroxyl groups is 1. The van der Waals surface area contributed by atoms with Crippen molar-refractivity contribution in [3.8, 4) is 17.6 Å². The van der Waals surface area contributed by atoms with Gasteiger partial charge in [-0.2, -0.15) is 5.26 Å². The Morgan fingerprint density at radius 2 is 1.96 bits per heavy atom. The Kier molecular flexibility index (Phi) is 6.24. The summed E-state index contributed by atoms with van der Waals surface area (Å²) < 4.78 is 11.4. The number of hydrogen-bond acceptors (Lipinski definition) is 5. The SMILES string of the molecule is Cc1ccc(CC(O)CN2CCOCC2)c(Oc2ccccc2C#N)c1. The zero-order chi connectivity index (χ0) is 18.4. The molecule has 1 N–H and O–H groups in total. The molecule has 0 bridgehead atoms. The minimum absolute atomic E-state index is 0.482. The van der Waals surface area contributed by atoms with Gasteiger partial charge in [-0.3, -0.25) is 4.90 Å². The van der Waals surface area contributed by atoms with Gasteiger partial charge in [0.1, 0.15) is 17.6 Å². The molecular weight excluding hydrogens is 328 g/mol. The van der Waals surface area contributed by atoms with E-state index in [0.717, 1.165) is 37.4 Å². The molecule has 1 aliphatic rings. The summed E-state index contributed by atoms with van der Waals surface area (Å²) in [5.74, 6) is 1.22. The second kappa shape index (κ2) is 8.81. The number of aliphatic hydroxyl groups excluding tert-OH is 1. The van der Waals surface area contributed by atoms with E-state index in [2.05, 4.69) is 11.0 Å². The van der Waals surface area contributed by atoms with E-state index in [-0.39, 0.29) is 0 Å². The molecule has 1 fully saturated rings. The van der Waals surface area contributed by atoms with E-state index in [1.165, 1.54) is 0 Å². The standard InChI is InChI=1S/C21H24N2O3/c1-16-6-7-17(13-19(24)15-23-8-10-25-11-9-23)21(12-16)26-20-5-3-2-4-18(20)14-22/h2-7,12,19,24H,8-11,13,15H2,1H3. The maximum atomic E-state index is 10.5. The monoisotopic (exact) mass is 352 g/mol. The number of nitriles is 1. The first-order valence-electron chi connectivity index (χ1n) is 8.90. The zero-order valence-electron chi connectivity index (χ0n) is 15.0. The average Bonchev–Trinajstić information content (AvgIpc) is 2.65. The minimum Gasteiger partial charge on any atom is -0.456 e. The highest BCUT2D eigenvalue weighted by Crippen LogP contribution is 2.29. The second-order valence-corrected chi connectivity index (χ2v) is 6.59. The van der Waals surface area contributed by atoms with E-state index in [9.17, 15) is 10.4 Å². The van der Waals surface area contributed by atoms with Crippen LogP contribution in [0.2, 0.25) is 0 Å². The van der Waals surface area contributed by atoms with Gasteiger partial charge in [0.2, 0.25) is 0 Å². The van der Waals surface area contributed by atoms with Crippen molar-refractivity contribution >= 4 is 0 Å². The van der Waals surface area contributed by atoms with Crippen LogP contribution in [0.1, 0.15) is 16.7 Å².